The topological polar surface area (TPSA) is 135 Å². The van der Waals surface area contributed by atoms with Gasteiger partial charge in [-0.05, 0) is 37.6 Å². The second-order valence-corrected chi connectivity index (χ2v) is 11.3. The van der Waals surface area contributed by atoms with Crippen molar-refractivity contribution in [2.24, 2.45) is 0 Å². The van der Waals surface area contributed by atoms with Gasteiger partial charge in [0.05, 0.1) is 19.5 Å². The lowest BCUT2D eigenvalue weighted by atomic mass is 10.2. The monoisotopic (exact) mass is 543 g/mol. The van der Waals surface area contributed by atoms with Gasteiger partial charge < -0.3 is 0 Å². The number of alkyl halides is 1. The van der Waals surface area contributed by atoms with E-state index in [1.54, 1.807) is 12.1 Å². The zero-order chi connectivity index (χ0) is 23.8. The SMILES string of the molecule is Cc1ccc(S(=O)(=O)NCCC#CC(Br)CCNS(=O)(=O)c2ccc([N+](=O)[O-])cc2)cc1. The van der Waals surface area contributed by atoms with Crippen LogP contribution in [0.4, 0.5) is 5.69 Å². The Morgan fingerprint density at radius 1 is 0.938 bits per heavy atom. The van der Waals surface area contributed by atoms with Gasteiger partial charge in [-0.2, -0.15) is 0 Å². The zero-order valence-electron chi connectivity index (χ0n) is 17.1. The summed E-state index contributed by atoms with van der Waals surface area (Å²) in [6.07, 6.45) is 0.663. The van der Waals surface area contributed by atoms with Crippen LogP contribution in [0.25, 0.3) is 0 Å². The summed E-state index contributed by atoms with van der Waals surface area (Å²) in [4.78, 5) is 9.87. The number of halogens is 1. The van der Waals surface area contributed by atoms with Crippen molar-refractivity contribution in [1.82, 2.24) is 9.44 Å². The van der Waals surface area contributed by atoms with Crippen LogP contribution in [-0.4, -0.2) is 39.7 Å². The van der Waals surface area contributed by atoms with E-state index in [0.29, 0.717) is 12.8 Å². The van der Waals surface area contributed by atoms with Crippen molar-refractivity contribution in [1.29, 1.82) is 0 Å². The molecule has 0 amide bonds. The van der Waals surface area contributed by atoms with Crippen LogP contribution in [-0.2, 0) is 20.0 Å². The number of non-ortho nitro benzene ring substituents is 1. The molecule has 0 saturated carbocycles. The van der Waals surface area contributed by atoms with Crippen LogP contribution in [0, 0.1) is 28.9 Å². The zero-order valence-corrected chi connectivity index (χ0v) is 20.3. The molecule has 2 N–H and O–H groups in total. The molecule has 0 aliphatic rings. The second kappa shape index (κ2) is 11.5. The highest BCUT2D eigenvalue weighted by Crippen LogP contribution is 2.16. The molecule has 0 fully saturated rings. The van der Waals surface area contributed by atoms with Gasteiger partial charge in [0.1, 0.15) is 0 Å². The molecule has 32 heavy (non-hydrogen) atoms. The van der Waals surface area contributed by atoms with E-state index >= 15 is 0 Å². The highest BCUT2D eigenvalue weighted by atomic mass is 79.9. The minimum atomic E-state index is -3.79. The molecule has 9 nitrogen and oxygen atoms in total. The Kier molecular flexibility index (Phi) is 9.35. The van der Waals surface area contributed by atoms with Crippen LogP contribution >= 0.6 is 15.9 Å². The van der Waals surface area contributed by atoms with Gasteiger partial charge in [0, 0.05) is 31.6 Å². The molecular weight excluding hydrogens is 522 g/mol. The normalized spacial score (nSPS) is 12.6. The van der Waals surface area contributed by atoms with Gasteiger partial charge in [0.25, 0.3) is 5.69 Å². The third-order valence-corrected chi connectivity index (χ3v) is 7.82. The maximum absolute atomic E-state index is 12.2. The highest BCUT2D eigenvalue weighted by molar-refractivity contribution is 9.09. The van der Waals surface area contributed by atoms with Crippen LogP contribution in [0.3, 0.4) is 0 Å². The smallest absolute Gasteiger partial charge is 0.258 e. The Morgan fingerprint density at radius 3 is 1.97 bits per heavy atom. The fourth-order valence-corrected chi connectivity index (χ4v) is 4.92. The van der Waals surface area contributed by atoms with Crippen molar-refractivity contribution < 1.29 is 21.8 Å². The molecule has 0 radical (unpaired) electrons. The van der Waals surface area contributed by atoms with Crippen LogP contribution in [0.1, 0.15) is 18.4 Å². The van der Waals surface area contributed by atoms with Gasteiger partial charge in [0.2, 0.25) is 20.0 Å². The number of nitrogens with zero attached hydrogens (tertiary/aromatic N) is 1. The number of aryl methyl sites for hydroxylation is 1. The summed E-state index contributed by atoms with van der Waals surface area (Å²) < 4.78 is 53.7. The number of nitro groups is 1. The summed E-state index contributed by atoms with van der Waals surface area (Å²) >= 11 is 3.34. The van der Waals surface area contributed by atoms with Gasteiger partial charge in [0.15, 0.2) is 0 Å². The molecule has 0 aliphatic heterocycles. The van der Waals surface area contributed by atoms with Crippen LogP contribution < -0.4 is 9.44 Å². The van der Waals surface area contributed by atoms with E-state index in [4.69, 9.17) is 0 Å². The quantitative estimate of drug-likeness (QED) is 0.155. The van der Waals surface area contributed by atoms with E-state index in [-0.39, 0.29) is 33.4 Å². The summed E-state index contributed by atoms with van der Waals surface area (Å²) in [6.45, 7) is 2.12. The number of rotatable bonds is 10. The molecule has 2 aromatic rings. The summed E-state index contributed by atoms with van der Waals surface area (Å²) in [5, 5.41) is 10.7. The Balaban J connectivity index is 1.76. The fraction of sp³-hybridized carbons (Fsp3) is 0.300. The maximum Gasteiger partial charge on any atom is 0.269 e. The molecule has 2 aromatic carbocycles. The lowest BCUT2D eigenvalue weighted by molar-refractivity contribution is -0.384. The van der Waals surface area contributed by atoms with Crippen molar-refractivity contribution in [3.8, 4) is 11.8 Å². The summed E-state index contributed by atoms with van der Waals surface area (Å²) in [7, 11) is -7.38. The Hall–Kier alpha value is -2.30. The van der Waals surface area contributed by atoms with Gasteiger partial charge in [-0.15, -0.1) is 5.92 Å². The number of sulfonamides is 2. The maximum atomic E-state index is 12.2. The molecule has 12 heteroatoms. The number of hydrogen-bond donors (Lipinski definition) is 2. The van der Waals surface area contributed by atoms with Crippen molar-refractivity contribution in [3.05, 3.63) is 64.2 Å². The first-order valence-electron chi connectivity index (χ1n) is 9.44. The van der Waals surface area contributed by atoms with E-state index in [2.05, 4.69) is 37.2 Å². The first-order chi connectivity index (χ1) is 15.0. The molecule has 0 saturated heterocycles. The summed E-state index contributed by atoms with van der Waals surface area (Å²) in [6, 6.07) is 11.1. The average molecular weight is 544 g/mol. The molecule has 0 bridgehead atoms. The van der Waals surface area contributed by atoms with Gasteiger partial charge >= 0.3 is 0 Å². The molecule has 172 valence electrons. The number of benzene rings is 2. The van der Waals surface area contributed by atoms with E-state index in [1.165, 1.54) is 24.3 Å². The van der Waals surface area contributed by atoms with Gasteiger partial charge in [-0.25, -0.2) is 26.3 Å². The fourth-order valence-electron chi connectivity index (χ4n) is 2.45. The Morgan fingerprint density at radius 2 is 1.44 bits per heavy atom. The molecule has 0 aliphatic carbocycles. The Labute approximate surface area is 196 Å². The largest absolute Gasteiger partial charge is 0.269 e. The minimum Gasteiger partial charge on any atom is -0.258 e. The van der Waals surface area contributed by atoms with E-state index < -0.39 is 25.0 Å². The second-order valence-electron chi connectivity index (χ2n) is 6.69. The minimum absolute atomic E-state index is 0.0684. The van der Waals surface area contributed by atoms with Crippen LogP contribution in [0.2, 0.25) is 0 Å². The number of nitrogens with one attached hydrogen (secondary N) is 2. The van der Waals surface area contributed by atoms with Crippen LogP contribution in [0.15, 0.2) is 58.3 Å². The standard InChI is InChI=1S/C20H22BrN3O6S2/c1-16-5-9-19(10-6-16)31(27,28)22-14-3-2-4-17(21)13-15-23-32(29,30)20-11-7-18(8-12-20)24(25)26/h5-12,17,22-23H,3,13-15H2,1H3. The van der Waals surface area contributed by atoms with Crippen molar-refractivity contribution in [2.75, 3.05) is 13.1 Å². The van der Waals surface area contributed by atoms with E-state index in [1.807, 2.05) is 6.92 Å². The highest BCUT2D eigenvalue weighted by Gasteiger charge is 2.16. The lowest BCUT2D eigenvalue weighted by Gasteiger charge is -2.07. The number of hydrogen-bond acceptors (Lipinski definition) is 6. The lowest BCUT2D eigenvalue weighted by Crippen LogP contribution is -2.26. The Bertz CT molecular complexity index is 1200. The van der Waals surface area contributed by atoms with Crippen molar-refractivity contribution in [3.63, 3.8) is 0 Å². The summed E-state index contributed by atoms with van der Waals surface area (Å²) in [5.41, 5.74) is 0.772. The molecule has 1 unspecified atom stereocenters. The molecule has 0 spiro atoms. The molecular formula is C20H22BrN3O6S2. The van der Waals surface area contributed by atoms with Crippen molar-refractivity contribution >= 4 is 41.7 Å². The molecule has 0 heterocycles. The van der Waals surface area contributed by atoms with Gasteiger partial charge in [-0.3, -0.25) is 10.1 Å². The molecule has 2 rings (SSSR count). The van der Waals surface area contributed by atoms with Crippen molar-refractivity contribution in [2.45, 2.75) is 34.4 Å². The van der Waals surface area contributed by atoms with E-state index in [9.17, 15) is 26.9 Å². The molecule has 1 atom stereocenters. The predicted octanol–water partition coefficient (Wildman–Crippen LogP) is 2.71. The molecule has 0 aromatic heterocycles. The summed E-state index contributed by atoms with van der Waals surface area (Å²) in [5.74, 6) is 5.73. The van der Waals surface area contributed by atoms with Crippen LogP contribution in [0.5, 0.6) is 0 Å². The predicted molar refractivity (Wildman–Crippen MR) is 124 cm³/mol. The third kappa shape index (κ3) is 7.99. The first kappa shape index (κ1) is 26.0. The van der Waals surface area contributed by atoms with E-state index in [0.717, 1.165) is 17.7 Å². The average Bonchev–Trinajstić information content (AvgIpc) is 2.73. The number of nitro benzene ring substituents is 1. The third-order valence-electron chi connectivity index (χ3n) is 4.18. The first-order valence-corrected chi connectivity index (χ1v) is 13.3. The van der Waals surface area contributed by atoms with Gasteiger partial charge in [-0.1, -0.05) is 39.5 Å².